The Bertz CT molecular complexity index is 354. The molecule has 1 fully saturated rings. The van der Waals surface area contributed by atoms with E-state index in [0.717, 1.165) is 25.7 Å². The van der Waals surface area contributed by atoms with Crippen molar-refractivity contribution in [1.29, 1.82) is 0 Å². The fourth-order valence-corrected chi connectivity index (χ4v) is 3.12. The maximum absolute atomic E-state index is 13.1. The summed E-state index contributed by atoms with van der Waals surface area (Å²) in [5.74, 6) is -0.174. The summed E-state index contributed by atoms with van der Waals surface area (Å²) < 4.78 is 5.37. The Morgan fingerprint density at radius 1 is 1.33 bits per heavy atom. The molecule has 0 radical (unpaired) electrons. The fourth-order valence-electron chi connectivity index (χ4n) is 3.12. The number of rotatable bonds is 7. The highest BCUT2D eigenvalue weighted by molar-refractivity contribution is 5.90. The molecule has 6 nitrogen and oxygen atoms in total. The summed E-state index contributed by atoms with van der Waals surface area (Å²) in [6, 6.07) is -0.545. The van der Waals surface area contributed by atoms with Gasteiger partial charge in [0.05, 0.1) is 18.6 Å². The van der Waals surface area contributed by atoms with Gasteiger partial charge >= 0.3 is 0 Å². The van der Waals surface area contributed by atoms with Crippen molar-refractivity contribution in [3.05, 3.63) is 0 Å². The van der Waals surface area contributed by atoms with Crippen LogP contribution in [0.2, 0.25) is 0 Å². The first-order valence-electron chi connectivity index (χ1n) is 7.86. The molecule has 0 saturated carbocycles. The van der Waals surface area contributed by atoms with Crippen molar-refractivity contribution in [3.8, 4) is 0 Å². The maximum atomic E-state index is 13.1. The van der Waals surface area contributed by atoms with Gasteiger partial charge in [-0.1, -0.05) is 26.7 Å². The topological polar surface area (TPSA) is 84.7 Å². The van der Waals surface area contributed by atoms with Crippen LogP contribution in [-0.4, -0.2) is 56.1 Å². The van der Waals surface area contributed by atoms with Crippen molar-refractivity contribution in [2.45, 2.75) is 45.6 Å². The molecule has 0 spiro atoms. The lowest BCUT2D eigenvalue weighted by atomic mass is 9.77. The SMILES string of the molecule is CCCC(CN)(CCC)C(=O)N1CCOCC1C(=O)NC. The van der Waals surface area contributed by atoms with Gasteiger partial charge in [0.25, 0.3) is 0 Å². The van der Waals surface area contributed by atoms with Crippen LogP contribution in [0.4, 0.5) is 0 Å². The van der Waals surface area contributed by atoms with Crippen molar-refractivity contribution in [1.82, 2.24) is 10.2 Å². The van der Waals surface area contributed by atoms with E-state index in [0.29, 0.717) is 19.7 Å². The van der Waals surface area contributed by atoms with Crippen LogP contribution in [0.1, 0.15) is 39.5 Å². The Morgan fingerprint density at radius 2 is 1.95 bits per heavy atom. The van der Waals surface area contributed by atoms with E-state index in [1.807, 2.05) is 0 Å². The lowest BCUT2D eigenvalue weighted by molar-refractivity contribution is -0.157. The molecule has 1 atom stereocenters. The molecule has 122 valence electrons. The van der Waals surface area contributed by atoms with E-state index in [1.165, 1.54) is 0 Å². The monoisotopic (exact) mass is 299 g/mol. The van der Waals surface area contributed by atoms with Crippen molar-refractivity contribution >= 4 is 11.8 Å². The molecule has 1 heterocycles. The highest BCUT2D eigenvalue weighted by atomic mass is 16.5. The van der Waals surface area contributed by atoms with Gasteiger partial charge in [0.2, 0.25) is 11.8 Å². The lowest BCUT2D eigenvalue weighted by Crippen LogP contribution is -2.60. The molecular weight excluding hydrogens is 270 g/mol. The van der Waals surface area contributed by atoms with Crippen molar-refractivity contribution < 1.29 is 14.3 Å². The fraction of sp³-hybridized carbons (Fsp3) is 0.867. The largest absolute Gasteiger partial charge is 0.377 e. The van der Waals surface area contributed by atoms with E-state index < -0.39 is 11.5 Å². The molecule has 0 aromatic heterocycles. The number of carbonyl (C=O) groups excluding carboxylic acids is 2. The van der Waals surface area contributed by atoms with Crippen LogP contribution < -0.4 is 11.1 Å². The first kappa shape index (κ1) is 17.9. The number of carbonyl (C=O) groups is 2. The van der Waals surface area contributed by atoms with Crippen molar-refractivity contribution in [2.24, 2.45) is 11.1 Å². The molecule has 0 aromatic carbocycles. The summed E-state index contributed by atoms with van der Waals surface area (Å²) >= 11 is 0. The van der Waals surface area contributed by atoms with Crippen LogP contribution in [0.15, 0.2) is 0 Å². The second kappa shape index (κ2) is 8.34. The van der Waals surface area contributed by atoms with Gasteiger partial charge in [-0.3, -0.25) is 9.59 Å². The standard InChI is InChI=1S/C15H29N3O3/c1-4-6-15(11-16,7-5-2)14(20)18-8-9-21-10-12(18)13(19)17-3/h12H,4-11,16H2,1-3H3,(H,17,19). The van der Waals surface area contributed by atoms with Gasteiger partial charge in [0.15, 0.2) is 0 Å². The summed E-state index contributed by atoms with van der Waals surface area (Å²) in [6.45, 7) is 5.62. The number of hydrogen-bond acceptors (Lipinski definition) is 4. The van der Waals surface area contributed by atoms with Gasteiger partial charge in [0.1, 0.15) is 6.04 Å². The third-order valence-corrected chi connectivity index (χ3v) is 4.24. The number of ether oxygens (including phenoxy) is 1. The summed E-state index contributed by atoms with van der Waals surface area (Å²) in [5, 5.41) is 2.61. The number of nitrogens with two attached hydrogens (primary N) is 1. The minimum atomic E-state index is -0.549. The molecule has 3 N–H and O–H groups in total. The van der Waals surface area contributed by atoms with Gasteiger partial charge < -0.3 is 20.7 Å². The average Bonchev–Trinajstić information content (AvgIpc) is 2.53. The minimum Gasteiger partial charge on any atom is -0.377 e. The van der Waals surface area contributed by atoms with Crippen LogP contribution in [0, 0.1) is 5.41 Å². The molecule has 0 aliphatic carbocycles. The summed E-state index contributed by atoms with van der Waals surface area (Å²) in [4.78, 5) is 26.7. The highest BCUT2D eigenvalue weighted by Crippen LogP contribution is 2.32. The molecule has 1 aliphatic rings. The van der Waals surface area contributed by atoms with E-state index in [4.69, 9.17) is 10.5 Å². The van der Waals surface area contributed by atoms with Crippen LogP contribution in [0.5, 0.6) is 0 Å². The Kier molecular flexibility index (Phi) is 7.11. The molecule has 1 unspecified atom stereocenters. The second-order valence-corrected chi connectivity index (χ2v) is 5.69. The lowest BCUT2D eigenvalue weighted by Gasteiger charge is -2.41. The van der Waals surface area contributed by atoms with Crippen LogP contribution in [-0.2, 0) is 14.3 Å². The molecule has 0 aromatic rings. The van der Waals surface area contributed by atoms with E-state index in [1.54, 1.807) is 11.9 Å². The minimum absolute atomic E-state index is 0.00519. The predicted molar refractivity (Wildman–Crippen MR) is 81.7 cm³/mol. The van der Waals surface area contributed by atoms with Crippen LogP contribution >= 0.6 is 0 Å². The number of nitrogens with zero attached hydrogens (tertiary/aromatic N) is 1. The quantitative estimate of drug-likeness (QED) is 0.717. The van der Waals surface area contributed by atoms with E-state index >= 15 is 0 Å². The molecule has 2 amide bonds. The van der Waals surface area contributed by atoms with Gasteiger partial charge in [-0.25, -0.2) is 0 Å². The van der Waals surface area contributed by atoms with E-state index in [-0.39, 0.29) is 18.4 Å². The number of likely N-dealkylation sites (N-methyl/N-ethyl adjacent to an activating group) is 1. The molecule has 1 rings (SSSR count). The Labute approximate surface area is 127 Å². The third-order valence-electron chi connectivity index (χ3n) is 4.24. The first-order valence-corrected chi connectivity index (χ1v) is 7.86. The number of morpholine rings is 1. The van der Waals surface area contributed by atoms with Gasteiger partial charge in [-0.2, -0.15) is 0 Å². The molecule has 1 saturated heterocycles. The molecule has 21 heavy (non-hydrogen) atoms. The zero-order valence-electron chi connectivity index (χ0n) is 13.5. The molecular formula is C15H29N3O3. The average molecular weight is 299 g/mol. The third kappa shape index (κ3) is 3.95. The summed E-state index contributed by atoms with van der Waals surface area (Å²) in [6.07, 6.45) is 3.32. The van der Waals surface area contributed by atoms with Gasteiger partial charge in [-0.15, -0.1) is 0 Å². The van der Waals surface area contributed by atoms with Gasteiger partial charge in [0, 0.05) is 20.1 Å². The Balaban J connectivity index is 3.01. The normalized spacial score (nSPS) is 19.4. The van der Waals surface area contributed by atoms with Crippen molar-refractivity contribution in [3.63, 3.8) is 0 Å². The van der Waals surface area contributed by atoms with Crippen molar-refractivity contribution in [2.75, 3.05) is 33.4 Å². The van der Waals surface area contributed by atoms with E-state index in [2.05, 4.69) is 19.2 Å². The zero-order chi connectivity index (χ0) is 15.9. The predicted octanol–water partition coefficient (Wildman–Crippen LogP) is 0.505. The Hall–Kier alpha value is -1.14. The smallest absolute Gasteiger partial charge is 0.244 e. The second-order valence-electron chi connectivity index (χ2n) is 5.69. The van der Waals surface area contributed by atoms with Gasteiger partial charge in [-0.05, 0) is 12.8 Å². The zero-order valence-corrected chi connectivity index (χ0v) is 13.5. The maximum Gasteiger partial charge on any atom is 0.244 e. The Morgan fingerprint density at radius 3 is 2.43 bits per heavy atom. The summed E-state index contributed by atoms with van der Waals surface area (Å²) in [7, 11) is 1.58. The summed E-state index contributed by atoms with van der Waals surface area (Å²) in [5.41, 5.74) is 5.41. The molecule has 1 aliphatic heterocycles. The number of nitrogens with one attached hydrogen (secondary N) is 1. The number of amides is 2. The van der Waals surface area contributed by atoms with Crippen LogP contribution in [0.3, 0.4) is 0 Å². The highest BCUT2D eigenvalue weighted by Gasteiger charge is 2.43. The molecule has 6 heteroatoms. The molecule has 0 bridgehead atoms. The first-order chi connectivity index (χ1) is 10.1. The van der Waals surface area contributed by atoms with Crippen LogP contribution in [0.25, 0.3) is 0 Å². The number of hydrogen-bond donors (Lipinski definition) is 2. The van der Waals surface area contributed by atoms with E-state index in [9.17, 15) is 9.59 Å².